The van der Waals surface area contributed by atoms with Gasteiger partial charge in [-0.2, -0.15) is 0 Å². The highest BCUT2D eigenvalue weighted by Gasteiger charge is 2.30. The SMILES string of the molecule is CC(=O)O.CNc1ccc2c(c1)C(=O)c1ccc(NC(=O)CCN3CCCCC3CO)cc1C2=O. The van der Waals surface area contributed by atoms with Crippen LogP contribution in [0.2, 0.25) is 0 Å². The molecule has 0 radical (unpaired) electrons. The van der Waals surface area contributed by atoms with Gasteiger partial charge in [0, 0.05) is 66.6 Å². The monoisotopic (exact) mass is 481 g/mol. The minimum atomic E-state index is -0.833. The van der Waals surface area contributed by atoms with Crippen molar-refractivity contribution in [1.82, 2.24) is 4.90 Å². The van der Waals surface area contributed by atoms with Gasteiger partial charge in [-0.05, 0) is 55.8 Å². The maximum Gasteiger partial charge on any atom is 0.300 e. The van der Waals surface area contributed by atoms with Gasteiger partial charge in [0.05, 0.1) is 6.61 Å². The van der Waals surface area contributed by atoms with E-state index in [4.69, 9.17) is 9.90 Å². The predicted molar refractivity (Wildman–Crippen MR) is 132 cm³/mol. The fourth-order valence-corrected chi connectivity index (χ4v) is 4.41. The first kappa shape index (κ1) is 26.1. The lowest BCUT2D eigenvalue weighted by atomic mass is 9.83. The molecule has 2 aliphatic rings. The van der Waals surface area contributed by atoms with Crippen LogP contribution in [0.4, 0.5) is 11.4 Å². The Labute approximate surface area is 204 Å². The number of carboxylic acid groups (broad SMARTS) is 1. The van der Waals surface area contributed by atoms with Gasteiger partial charge in [-0.1, -0.05) is 6.42 Å². The van der Waals surface area contributed by atoms with Crippen LogP contribution in [0.15, 0.2) is 36.4 Å². The summed E-state index contributed by atoms with van der Waals surface area (Å²) >= 11 is 0. The van der Waals surface area contributed by atoms with Crippen molar-refractivity contribution in [3.05, 3.63) is 58.7 Å². The lowest BCUT2D eigenvalue weighted by Gasteiger charge is -2.34. The summed E-state index contributed by atoms with van der Waals surface area (Å²) in [5.41, 5.74) is 2.69. The Morgan fingerprint density at radius 2 is 1.54 bits per heavy atom. The van der Waals surface area contributed by atoms with Gasteiger partial charge in [0.1, 0.15) is 0 Å². The lowest BCUT2D eigenvalue weighted by molar-refractivity contribution is -0.134. The van der Waals surface area contributed by atoms with E-state index in [-0.39, 0.29) is 30.1 Å². The van der Waals surface area contributed by atoms with Crippen molar-refractivity contribution < 1.29 is 29.4 Å². The zero-order valence-corrected chi connectivity index (χ0v) is 20.0. The highest BCUT2D eigenvalue weighted by atomic mass is 16.4. The number of aliphatic hydroxyl groups is 1. The molecule has 4 rings (SSSR count). The van der Waals surface area contributed by atoms with Crippen molar-refractivity contribution in [3.8, 4) is 0 Å². The zero-order chi connectivity index (χ0) is 25.5. The minimum absolute atomic E-state index is 0.111. The zero-order valence-electron chi connectivity index (χ0n) is 20.0. The summed E-state index contributed by atoms with van der Waals surface area (Å²) in [6.07, 6.45) is 3.44. The largest absolute Gasteiger partial charge is 0.481 e. The summed E-state index contributed by atoms with van der Waals surface area (Å²) in [5.74, 6) is -1.40. The summed E-state index contributed by atoms with van der Waals surface area (Å²) in [6.45, 7) is 2.67. The van der Waals surface area contributed by atoms with Crippen LogP contribution in [-0.2, 0) is 9.59 Å². The molecule has 2 aromatic rings. The molecule has 1 aliphatic carbocycles. The average molecular weight is 482 g/mol. The minimum Gasteiger partial charge on any atom is -0.481 e. The molecule has 0 bridgehead atoms. The molecule has 2 aromatic carbocycles. The van der Waals surface area contributed by atoms with E-state index in [1.807, 2.05) is 0 Å². The Hall–Kier alpha value is -3.56. The number of piperidine rings is 1. The van der Waals surface area contributed by atoms with E-state index in [2.05, 4.69) is 15.5 Å². The number of fused-ring (bicyclic) bond motifs is 2. The molecule has 1 unspecified atom stereocenters. The third-order valence-electron chi connectivity index (χ3n) is 6.18. The third kappa shape index (κ3) is 6.32. The second-order valence-corrected chi connectivity index (χ2v) is 8.61. The average Bonchev–Trinajstić information content (AvgIpc) is 2.85. The number of carboxylic acids is 1. The number of ketones is 2. The molecular formula is C26H31N3O6. The molecular weight excluding hydrogens is 450 g/mol. The lowest BCUT2D eigenvalue weighted by Crippen LogP contribution is -2.43. The summed E-state index contributed by atoms with van der Waals surface area (Å²) in [4.78, 5) is 49.5. The molecule has 186 valence electrons. The number of benzene rings is 2. The number of nitrogens with one attached hydrogen (secondary N) is 2. The van der Waals surface area contributed by atoms with Crippen LogP contribution in [0.25, 0.3) is 0 Å². The molecule has 0 spiro atoms. The maximum atomic E-state index is 13.0. The van der Waals surface area contributed by atoms with Crippen LogP contribution in [0.1, 0.15) is 64.4 Å². The number of likely N-dealkylation sites (tertiary alicyclic amines) is 1. The highest BCUT2D eigenvalue weighted by molar-refractivity contribution is 6.29. The molecule has 1 fully saturated rings. The van der Waals surface area contributed by atoms with Crippen LogP contribution in [0.3, 0.4) is 0 Å². The quantitative estimate of drug-likeness (QED) is 0.422. The Morgan fingerprint density at radius 1 is 0.971 bits per heavy atom. The second kappa shape index (κ2) is 11.7. The number of hydrogen-bond donors (Lipinski definition) is 4. The van der Waals surface area contributed by atoms with Crippen molar-refractivity contribution in [2.75, 3.05) is 37.4 Å². The Kier molecular flexibility index (Phi) is 8.73. The molecule has 4 N–H and O–H groups in total. The Balaban J connectivity index is 0.000000795. The number of carbonyl (C=O) groups excluding carboxylic acids is 3. The third-order valence-corrected chi connectivity index (χ3v) is 6.18. The number of amides is 1. The van der Waals surface area contributed by atoms with E-state index < -0.39 is 5.97 Å². The number of anilines is 2. The first-order valence-corrected chi connectivity index (χ1v) is 11.6. The van der Waals surface area contributed by atoms with Gasteiger partial charge < -0.3 is 20.8 Å². The van der Waals surface area contributed by atoms with Gasteiger partial charge in [-0.25, -0.2) is 0 Å². The van der Waals surface area contributed by atoms with Crippen molar-refractivity contribution in [2.24, 2.45) is 0 Å². The number of nitrogens with zero attached hydrogens (tertiary/aromatic N) is 1. The number of rotatable bonds is 6. The van der Waals surface area contributed by atoms with Crippen LogP contribution in [0, 0.1) is 0 Å². The standard InChI is InChI=1S/C24H27N3O4.C2H4O2/c1-25-15-5-7-18-20(12-15)23(30)19-8-6-16(13-21(19)24(18)31)26-22(29)9-11-27-10-3-2-4-17(27)14-28;1-2(3)4/h5-8,12-13,17,25,28H,2-4,9-11,14H2,1H3,(H,26,29);1H3,(H,3,4). The highest BCUT2D eigenvalue weighted by Crippen LogP contribution is 2.31. The van der Waals surface area contributed by atoms with Crippen molar-refractivity contribution >= 4 is 34.8 Å². The van der Waals surface area contributed by atoms with Crippen molar-refractivity contribution in [1.29, 1.82) is 0 Å². The molecule has 1 amide bonds. The number of aliphatic hydroxyl groups excluding tert-OH is 1. The van der Waals surface area contributed by atoms with Gasteiger partial charge in [0.25, 0.3) is 5.97 Å². The van der Waals surface area contributed by atoms with E-state index in [0.717, 1.165) is 38.4 Å². The molecule has 0 aromatic heterocycles. The van der Waals surface area contributed by atoms with Gasteiger partial charge in [-0.15, -0.1) is 0 Å². The summed E-state index contributed by atoms with van der Waals surface area (Å²) in [7, 11) is 1.76. The number of aliphatic carboxylic acids is 1. The van der Waals surface area contributed by atoms with E-state index in [1.165, 1.54) is 0 Å². The summed E-state index contributed by atoms with van der Waals surface area (Å²) in [6, 6.07) is 10.1. The van der Waals surface area contributed by atoms with Crippen molar-refractivity contribution in [2.45, 2.75) is 38.6 Å². The van der Waals surface area contributed by atoms with Crippen LogP contribution < -0.4 is 10.6 Å². The van der Waals surface area contributed by atoms with E-state index in [9.17, 15) is 19.5 Å². The first-order chi connectivity index (χ1) is 16.7. The van der Waals surface area contributed by atoms with Gasteiger partial charge >= 0.3 is 0 Å². The topological polar surface area (TPSA) is 136 Å². The fourth-order valence-electron chi connectivity index (χ4n) is 4.41. The Morgan fingerprint density at radius 3 is 2.11 bits per heavy atom. The van der Waals surface area contributed by atoms with Crippen LogP contribution in [-0.4, -0.2) is 71.3 Å². The summed E-state index contributed by atoms with van der Waals surface area (Å²) < 4.78 is 0. The van der Waals surface area contributed by atoms with Gasteiger partial charge in [-0.3, -0.25) is 24.1 Å². The van der Waals surface area contributed by atoms with E-state index in [0.29, 0.717) is 40.9 Å². The van der Waals surface area contributed by atoms with Crippen molar-refractivity contribution in [3.63, 3.8) is 0 Å². The maximum absolute atomic E-state index is 13.0. The molecule has 1 aliphatic heterocycles. The van der Waals surface area contributed by atoms with Gasteiger partial charge in [0.15, 0.2) is 11.6 Å². The molecule has 0 saturated carbocycles. The number of hydrogen-bond acceptors (Lipinski definition) is 7. The van der Waals surface area contributed by atoms with Gasteiger partial charge in [0.2, 0.25) is 5.91 Å². The summed E-state index contributed by atoms with van der Waals surface area (Å²) in [5, 5.41) is 22.8. The van der Waals surface area contributed by atoms with E-state index in [1.54, 1.807) is 43.4 Å². The van der Waals surface area contributed by atoms with E-state index >= 15 is 0 Å². The molecule has 9 heteroatoms. The predicted octanol–water partition coefficient (Wildman–Crippen LogP) is 2.77. The molecule has 1 atom stereocenters. The first-order valence-electron chi connectivity index (χ1n) is 11.6. The van der Waals surface area contributed by atoms with Crippen LogP contribution >= 0.6 is 0 Å². The molecule has 9 nitrogen and oxygen atoms in total. The second-order valence-electron chi connectivity index (χ2n) is 8.61. The van der Waals surface area contributed by atoms with Crippen LogP contribution in [0.5, 0.6) is 0 Å². The smallest absolute Gasteiger partial charge is 0.300 e. The normalized spacial score (nSPS) is 16.9. The molecule has 1 saturated heterocycles. The molecule has 1 heterocycles. The number of carbonyl (C=O) groups is 4. The fraction of sp³-hybridized carbons (Fsp3) is 0.385. The Bertz CT molecular complexity index is 1130. The molecule has 35 heavy (non-hydrogen) atoms.